The van der Waals surface area contributed by atoms with Crippen LogP contribution >= 0.6 is 0 Å². The molecule has 0 bridgehead atoms. The first-order chi connectivity index (χ1) is 13.8. The van der Waals surface area contributed by atoms with Gasteiger partial charge in [-0.1, -0.05) is 18.2 Å². The van der Waals surface area contributed by atoms with Gasteiger partial charge in [-0.2, -0.15) is 0 Å². The number of rotatable bonds is 5. The van der Waals surface area contributed by atoms with Gasteiger partial charge in [0.1, 0.15) is 11.3 Å². The van der Waals surface area contributed by atoms with Crippen molar-refractivity contribution in [2.45, 2.75) is 19.5 Å². The Morgan fingerprint density at radius 3 is 2.69 bits per heavy atom. The van der Waals surface area contributed by atoms with E-state index in [0.29, 0.717) is 37.4 Å². The van der Waals surface area contributed by atoms with Crippen molar-refractivity contribution in [3.8, 4) is 0 Å². The minimum atomic E-state index is -3.22. The number of nitrogens with zero attached hydrogens (tertiary/aromatic N) is 5. The van der Waals surface area contributed by atoms with Crippen LogP contribution in [0.15, 0.2) is 24.3 Å². The number of pyridine rings is 1. The van der Waals surface area contributed by atoms with Gasteiger partial charge in [0, 0.05) is 32.1 Å². The Hall–Kier alpha value is -2.92. The van der Waals surface area contributed by atoms with Gasteiger partial charge in [-0.05, 0) is 12.5 Å². The molecule has 11 heteroatoms. The zero-order valence-corrected chi connectivity index (χ0v) is 16.9. The van der Waals surface area contributed by atoms with Crippen LogP contribution in [0.2, 0.25) is 0 Å². The molecule has 0 unspecified atom stereocenters. The standard InChI is InChI=1S/C18H23N7O3S/c1-23(18(20)26)11-14-22-15-16(12-5-2-3-6-13(12)21-17(15)19)25(14)9-8-24-7-4-10-29(24,27)28/h2-3,5-6H,4,7-11H2,1H3,(H2,19,21)(H2,20,26). The summed E-state index contributed by atoms with van der Waals surface area (Å²) in [4.78, 5) is 21.9. The minimum Gasteiger partial charge on any atom is -0.382 e. The van der Waals surface area contributed by atoms with Crippen molar-refractivity contribution in [3.05, 3.63) is 30.1 Å². The van der Waals surface area contributed by atoms with Crippen LogP contribution in [0, 0.1) is 0 Å². The van der Waals surface area contributed by atoms with Crippen LogP contribution in [-0.2, 0) is 23.1 Å². The predicted molar refractivity (Wildman–Crippen MR) is 110 cm³/mol. The number of carbonyl (C=O) groups is 1. The average Bonchev–Trinajstić information content (AvgIpc) is 3.20. The summed E-state index contributed by atoms with van der Waals surface area (Å²) in [6.07, 6.45) is 0.629. The number of fused-ring (bicyclic) bond motifs is 3. The molecule has 1 aliphatic rings. The van der Waals surface area contributed by atoms with Crippen molar-refractivity contribution >= 4 is 43.8 Å². The number of amides is 2. The van der Waals surface area contributed by atoms with E-state index in [1.165, 1.54) is 9.21 Å². The Morgan fingerprint density at radius 2 is 2.00 bits per heavy atom. The number of benzene rings is 1. The molecule has 1 saturated heterocycles. The molecule has 1 aromatic carbocycles. The van der Waals surface area contributed by atoms with E-state index in [9.17, 15) is 13.2 Å². The molecule has 2 amide bonds. The molecule has 3 aromatic rings. The second-order valence-electron chi connectivity index (χ2n) is 7.15. The topological polar surface area (TPSA) is 140 Å². The Bertz CT molecular complexity index is 1210. The van der Waals surface area contributed by atoms with Gasteiger partial charge in [-0.3, -0.25) is 0 Å². The van der Waals surface area contributed by atoms with Gasteiger partial charge < -0.3 is 20.9 Å². The summed E-state index contributed by atoms with van der Waals surface area (Å²) in [6.45, 7) is 1.38. The van der Waals surface area contributed by atoms with Crippen LogP contribution in [0.5, 0.6) is 0 Å². The Labute approximate surface area is 168 Å². The first-order valence-electron chi connectivity index (χ1n) is 9.29. The lowest BCUT2D eigenvalue weighted by molar-refractivity contribution is 0.215. The number of nitrogens with two attached hydrogens (primary N) is 2. The molecular weight excluding hydrogens is 394 g/mol. The van der Waals surface area contributed by atoms with Crippen LogP contribution in [0.4, 0.5) is 10.6 Å². The van der Waals surface area contributed by atoms with Gasteiger partial charge in [0.2, 0.25) is 10.0 Å². The molecule has 0 aliphatic carbocycles. The van der Waals surface area contributed by atoms with Gasteiger partial charge in [0.05, 0.1) is 23.3 Å². The maximum atomic E-state index is 12.2. The molecule has 0 spiro atoms. The number of hydrogen-bond donors (Lipinski definition) is 2. The molecule has 1 aliphatic heterocycles. The third-order valence-corrected chi connectivity index (χ3v) is 7.18. The highest BCUT2D eigenvalue weighted by Crippen LogP contribution is 2.29. The zero-order chi connectivity index (χ0) is 20.8. The summed E-state index contributed by atoms with van der Waals surface area (Å²) in [5.41, 5.74) is 13.6. The Morgan fingerprint density at radius 1 is 1.24 bits per heavy atom. The third-order valence-electron chi connectivity index (χ3n) is 5.22. The number of para-hydroxylation sites is 1. The van der Waals surface area contributed by atoms with Gasteiger partial charge in [-0.15, -0.1) is 0 Å². The quantitative estimate of drug-likeness (QED) is 0.626. The summed E-state index contributed by atoms with van der Waals surface area (Å²) in [7, 11) is -1.64. The molecule has 0 radical (unpaired) electrons. The summed E-state index contributed by atoms with van der Waals surface area (Å²) in [5, 5.41) is 0.862. The molecule has 2 aromatic heterocycles. The first-order valence-corrected chi connectivity index (χ1v) is 10.9. The van der Waals surface area contributed by atoms with Gasteiger partial charge in [0.15, 0.2) is 5.82 Å². The van der Waals surface area contributed by atoms with Gasteiger partial charge in [-0.25, -0.2) is 27.5 Å². The van der Waals surface area contributed by atoms with Crippen molar-refractivity contribution in [3.63, 3.8) is 0 Å². The van der Waals surface area contributed by atoms with Crippen LogP contribution < -0.4 is 11.5 Å². The molecule has 4 rings (SSSR count). The number of aromatic nitrogens is 3. The molecule has 1 fully saturated rings. The minimum absolute atomic E-state index is 0.171. The molecule has 0 atom stereocenters. The zero-order valence-electron chi connectivity index (χ0n) is 16.1. The van der Waals surface area contributed by atoms with E-state index in [2.05, 4.69) is 9.97 Å². The van der Waals surface area contributed by atoms with Crippen LogP contribution in [0.3, 0.4) is 0 Å². The first kappa shape index (κ1) is 19.4. The molecule has 0 saturated carbocycles. The smallest absolute Gasteiger partial charge is 0.314 e. The lowest BCUT2D eigenvalue weighted by Gasteiger charge is -2.19. The number of carbonyl (C=O) groups excluding carboxylic acids is 1. The van der Waals surface area contributed by atoms with Crippen LogP contribution in [0.1, 0.15) is 12.2 Å². The van der Waals surface area contributed by atoms with E-state index in [1.807, 2.05) is 28.8 Å². The number of hydrogen-bond acceptors (Lipinski definition) is 6. The third kappa shape index (κ3) is 3.47. The van der Waals surface area contributed by atoms with Crippen molar-refractivity contribution in [2.75, 3.05) is 31.6 Å². The van der Waals surface area contributed by atoms with Crippen molar-refractivity contribution in [1.82, 2.24) is 23.7 Å². The largest absolute Gasteiger partial charge is 0.382 e. The maximum absolute atomic E-state index is 12.2. The van der Waals surface area contributed by atoms with Crippen molar-refractivity contribution < 1.29 is 13.2 Å². The van der Waals surface area contributed by atoms with E-state index >= 15 is 0 Å². The number of nitrogen functional groups attached to an aromatic ring is 1. The SMILES string of the molecule is CN(Cc1nc2c(N)nc3ccccc3c2n1CCN1CCCS1(=O)=O)C(N)=O. The fourth-order valence-corrected chi connectivity index (χ4v) is 5.23. The molecule has 154 valence electrons. The predicted octanol–water partition coefficient (Wildman–Crippen LogP) is 0.713. The summed E-state index contributed by atoms with van der Waals surface area (Å²) < 4.78 is 27.8. The van der Waals surface area contributed by atoms with E-state index in [-0.39, 0.29) is 18.1 Å². The van der Waals surface area contributed by atoms with E-state index in [4.69, 9.17) is 11.5 Å². The number of primary amides is 1. The van der Waals surface area contributed by atoms with Gasteiger partial charge in [0.25, 0.3) is 0 Å². The molecular formula is C18H23N7O3S. The van der Waals surface area contributed by atoms with Crippen LogP contribution in [0.25, 0.3) is 21.9 Å². The lowest BCUT2D eigenvalue weighted by Crippen LogP contribution is -2.33. The molecule has 4 N–H and O–H groups in total. The second-order valence-corrected chi connectivity index (χ2v) is 9.24. The maximum Gasteiger partial charge on any atom is 0.314 e. The summed E-state index contributed by atoms with van der Waals surface area (Å²) >= 11 is 0. The monoisotopic (exact) mass is 417 g/mol. The van der Waals surface area contributed by atoms with Crippen molar-refractivity contribution in [2.24, 2.45) is 5.73 Å². The number of anilines is 1. The van der Waals surface area contributed by atoms with E-state index in [0.717, 1.165) is 16.4 Å². The van der Waals surface area contributed by atoms with Gasteiger partial charge >= 0.3 is 6.03 Å². The van der Waals surface area contributed by atoms with E-state index < -0.39 is 16.1 Å². The number of imidazole rings is 1. The highest BCUT2D eigenvalue weighted by Gasteiger charge is 2.28. The lowest BCUT2D eigenvalue weighted by atomic mass is 10.2. The van der Waals surface area contributed by atoms with Crippen molar-refractivity contribution in [1.29, 1.82) is 0 Å². The average molecular weight is 417 g/mol. The van der Waals surface area contributed by atoms with E-state index in [1.54, 1.807) is 7.05 Å². The number of urea groups is 1. The van der Waals surface area contributed by atoms with Crippen LogP contribution in [-0.4, -0.2) is 64.1 Å². The number of sulfonamides is 1. The fraction of sp³-hybridized carbons (Fsp3) is 0.389. The Kier molecular flexibility index (Phi) is 4.79. The summed E-state index contributed by atoms with van der Waals surface area (Å²) in [5.74, 6) is 1.03. The Balaban J connectivity index is 1.84. The highest BCUT2D eigenvalue weighted by molar-refractivity contribution is 7.89. The highest BCUT2D eigenvalue weighted by atomic mass is 32.2. The molecule has 10 nitrogen and oxygen atoms in total. The normalized spacial score (nSPS) is 16.6. The molecule has 3 heterocycles. The second kappa shape index (κ2) is 7.16. The molecule has 29 heavy (non-hydrogen) atoms. The fourth-order valence-electron chi connectivity index (χ4n) is 3.71. The summed E-state index contributed by atoms with van der Waals surface area (Å²) in [6, 6.07) is 6.98.